The molecule has 1 aliphatic rings. The van der Waals surface area contributed by atoms with Gasteiger partial charge in [-0.2, -0.15) is 0 Å². The molecule has 0 aromatic carbocycles. The van der Waals surface area contributed by atoms with Crippen LogP contribution in [-0.4, -0.2) is 16.2 Å². The van der Waals surface area contributed by atoms with E-state index in [1.807, 2.05) is 12.3 Å². The Morgan fingerprint density at radius 1 is 1.25 bits per heavy atom. The van der Waals surface area contributed by atoms with Crippen molar-refractivity contribution in [3.63, 3.8) is 0 Å². The van der Waals surface area contributed by atoms with Gasteiger partial charge in [-0.05, 0) is 61.5 Å². The zero-order valence-corrected chi connectivity index (χ0v) is 13.4. The van der Waals surface area contributed by atoms with Gasteiger partial charge in [-0.3, -0.25) is 4.98 Å². The maximum atomic E-state index is 10.5. The predicted molar refractivity (Wildman–Crippen MR) is 83.6 cm³/mol. The van der Waals surface area contributed by atoms with Crippen molar-refractivity contribution in [2.45, 2.75) is 65.9 Å². The zero-order chi connectivity index (χ0) is 14.8. The van der Waals surface area contributed by atoms with Gasteiger partial charge in [0.05, 0.1) is 6.10 Å². The van der Waals surface area contributed by atoms with Gasteiger partial charge >= 0.3 is 0 Å². The third-order valence-electron chi connectivity index (χ3n) is 5.06. The fraction of sp³-hybridized carbons (Fsp3) is 0.722. The first-order valence-electron chi connectivity index (χ1n) is 7.96. The van der Waals surface area contributed by atoms with Crippen molar-refractivity contribution in [1.82, 2.24) is 4.98 Å². The van der Waals surface area contributed by atoms with Crippen LogP contribution in [0.1, 0.15) is 57.7 Å². The van der Waals surface area contributed by atoms with Crippen LogP contribution in [0, 0.1) is 24.2 Å². The average Bonchev–Trinajstić information content (AvgIpc) is 2.40. The largest absolute Gasteiger partial charge is 0.392 e. The van der Waals surface area contributed by atoms with E-state index in [0.29, 0.717) is 17.8 Å². The smallest absolute Gasteiger partial charge is 0.0623 e. The number of hydrogen-bond donors (Lipinski definition) is 1. The lowest BCUT2D eigenvalue weighted by Gasteiger charge is -2.38. The second-order valence-corrected chi connectivity index (χ2v) is 7.52. The monoisotopic (exact) mass is 275 g/mol. The minimum atomic E-state index is -0.232. The summed E-state index contributed by atoms with van der Waals surface area (Å²) in [7, 11) is 0. The van der Waals surface area contributed by atoms with Crippen LogP contribution in [0.25, 0.3) is 0 Å². The standard InChI is InChI=1S/C18H29NO/c1-13-6-5-11-19-16(13)12-17(20)14-7-9-15(10-8-14)18(2,3)4/h5-6,11,14-15,17,20H,7-10,12H2,1-4H3. The topological polar surface area (TPSA) is 33.1 Å². The number of aliphatic hydroxyl groups excluding tert-OH is 1. The minimum absolute atomic E-state index is 0.232. The summed E-state index contributed by atoms with van der Waals surface area (Å²) in [5.41, 5.74) is 2.65. The van der Waals surface area contributed by atoms with E-state index in [2.05, 4.69) is 38.7 Å². The number of aryl methyl sites for hydroxylation is 1. The predicted octanol–water partition coefficient (Wildman–Crippen LogP) is 4.15. The van der Waals surface area contributed by atoms with E-state index >= 15 is 0 Å². The molecular weight excluding hydrogens is 246 g/mol. The summed E-state index contributed by atoms with van der Waals surface area (Å²) in [4.78, 5) is 4.41. The number of rotatable bonds is 3. The lowest BCUT2D eigenvalue weighted by molar-refractivity contribution is 0.0530. The molecular formula is C18H29NO. The Labute approximate surface area is 123 Å². The fourth-order valence-electron chi connectivity index (χ4n) is 3.47. The molecule has 0 bridgehead atoms. The quantitative estimate of drug-likeness (QED) is 0.899. The first-order chi connectivity index (χ1) is 9.38. The van der Waals surface area contributed by atoms with Gasteiger partial charge in [-0.1, -0.05) is 26.8 Å². The third-order valence-corrected chi connectivity index (χ3v) is 5.06. The number of nitrogens with zero attached hydrogens (tertiary/aromatic N) is 1. The molecule has 0 radical (unpaired) electrons. The molecule has 112 valence electrons. The molecule has 1 atom stereocenters. The Morgan fingerprint density at radius 2 is 1.90 bits per heavy atom. The number of hydrogen-bond acceptors (Lipinski definition) is 2. The zero-order valence-electron chi connectivity index (χ0n) is 13.4. The van der Waals surface area contributed by atoms with E-state index in [9.17, 15) is 5.11 Å². The highest BCUT2D eigenvalue weighted by molar-refractivity contribution is 5.18. The third kappa shape index (κ3) is 3.82. The molecule has 1 aromatic rings. The van der Waals surface area contributed by atoms with E-state index in [1.54, 1.807) is 0 Å². The first-order valence-corrected chi connectivity index (χ1v) is 7.96. The van der Waals surface area contributed by atoms with Gasteiger partial charge in [-0.25, -0.2) is 0 Å². The molecule has 1 unspecified atom stereocenters. The Morgan fingerprint density at radius 3 is 2.45 bits per heavy atom. The lowest BCUT2D eigenvalue weighted by Crippen LogP contribution is -2.32. The molecule has 0 amide bonds. The number of aliphatic hydroxyl groups is 1. The van der Waals surface area contributed by atoms with Gasteiger partial charge in [0.2, 0.25) is 0 Å². The van der Waals surface area contributed by atoms with E-state index < -0.39 is 0 Å². The van der Waals surface area contributed by atoms with Gasteiger partial charge in [0.1, 0.15) is 0 Å². The summed E-state index contributed by atoms with van der Waals surface area (Å²) in [6.07, 6.45) is 7.14. The molecule has 1 N–H and O–H groups in total. The Hall–Kier alpha value is -0.890. The molecule has 2 heteroatoms. The molecule has 2 rings (SSSR count). The summed E-state index contributed by atoms with van der Waals surface area (Å²) in [6, 6.07) is 4.03. The average molecular weight is 275 g/mol. The highest BCUT2D eigenvalue weighted by atomic mass is 16.3. The van der Waals surface area contributed by atoms with Crippen molar-refractivity contribution in [3.8, 4) is 0 Å². The van der Waals surface area contributed by atoms with Crippen molar-refractivity contribution < 1.29 is 5.11 Å². The van der Waals surface area contributed by atoms with Crippen LogP contribution >= 0.6 is 0 Å². The Bertz CT molecular complexity index is 427. The minimum Gasteiger partial charge on any atom is -0.392 e. The van der Waals surface area contributed by atoms with Crippen LogP contribution in [-0.2, 0) is 6.42 Å². The number of pyridine rings is 1. The molecule has 20 heavy (non-hydrogen) atoms. The Balaban J connectivity index is 1.89. The fourth-order valence-corrected chi connectivity index (χ4v) is 3.47. The van der Waals surface area contributed by atoms with Crippen molar-refractivity contribution in [1.29, 1.82) is 0 Å². The highest BCUT2D eigenvalue weighted by Gasteiger charge is 2.32. The number of aromatic nitrogens is 1. The second-order valence-electron chi connectivity index (χ2n) is 7.52. The second kappa shape index (κ2) is 6.26. The van der Waals surface area contributed by atoms with E-state index in [0.717, 1.165) is 24.5 Å². The van der Waals surface area contributed by atoms with Crippen LogP contribution in [0.15, 0.2) is 18.3 Å². The Kier molecular flexibility index (Phi) is 4.85. The lowest BCUT2D eigenvalue weighted by atomic mass is 9.68. The summed E-state index contributed by atoms with van der Waals surface area (Å²) in [5, 5.41) is 10.5. The maximum Gasteiger partial charge on any atom is 0.0623 e. The summed E-state index contributed by atoms with van der Waals surface area (Å²) < 4.78 is 0. The molecule has 1 heterocycles. The molecule has 0 saturated heterocycles. The summed E-state index contributed by atoms with van der Waals surface area (Å²) in [6.45, 7) is 9.09. The van der Waals surface area contributed by atoms with Gasteiger partial charge in [-0.15, -0.1) is 0 Å². The normalized spacial score (nSPS) is 25.4. The SMILES string of the molecule is Cc1cccnc1CC(O)C1CCC(C(C)(C)C)CC1. The van der Waals surface area contributed by atoms with Crippen molar-refractivity contribution in [2.75, 3.05) is 0 Å². The van der Waals surface area contributed by atoms with Crippen molar-refractivity contribution in [2.24, 2.45) is 17.3 Å². The van der Waals surface area contributed by atoms with Crippen LogP contribution in [0.4, 0.5) is 0 Å². The molecule has 2 nitrogen and oxygen atoms in total. The molecule has 0 spiro atoms. The van der Waals surface area contributed by atoms with Gasteiger partial charge in [0.25, 0.3) is 0 Å². The molecule has 1 fully saturated rings. The van der Waals surface area contributed by atoms with Crippen LogP contribution in [0.3, 0.4) is 0 Å². The van der Waals surface area contributed by atoms with Crippen LogP contribution < -0.4 is 0 Å². The van der Waals surface area contributed by atoms with Crippen molar-refractivity contribution >= 4 is 0 Å². The van der Waals surface area contributed by atoms with E-state index in [4.69, 9.17) is 0 Å². The summed E-state index contributed by atoms with van der Waals surface area (Å²) in [5.74, 6) is 1.26. The van der Waals surface area contributed by atoms with Gasteiger partial charge in [0.15, 0.2) is 0 Å². The molecule has 1 aliphatic carbocycles. The summed E-state index contributed by atoms with van der Waals surface area (Å²) >= 11 is 0. The maximum absolute atomic E-state index is 10.5. The molecule has 0 aliphatic heterocycles. The van der Waals surface area contributed by atoms with E-state index in [-0.39, 0.29) is 6.10 Å². The molecule has 1 aromatic heterocycles. The van der Waals surface area contributed by atoms with Gasteiger partial charge in [0, 0.05) is 18.3 Å². The van der Waals surface area contributed by atoms with Crippen LogP contribution in [0.5, 0.6) is 0 Å². The van der Waals surface area contributed by atoms with Crippen LogP contribution in [0.2, 0.25) is 0 Å². The van der Waals surface area contributed by atoms with E-state index in [1.165, 1.54) is 18.4 Å². The van der Waals surface area contributed by atoms with Crippen molar-refractivity contribution in [3.05, 3.63) is 29.6 Å². The van der Waals surface area contributed by atoms with Gasteiger partial charge < -0.3 is 5.11 Å². The molecule has 1 saturated carbocycles. The highest BCUT2D eigenvalue weighted by Crippen LogP contribution is 2.41. The first kappa shape index (κ1) is 15.5.